The molecule has 0 saturated carbocycles. The van der Waals surface area contributed by atoms with Gasteiger partial charge in [0.25, 0.3) is 0 Å². The van der Waals surface area contributed by atoms with Crippen LogP contribution in [-0.4, -0.2) is 54.2 Å². The Morgan fingerprint density at radius 1 is 1.30 bits per heavy atom. The van der Waals surface area contributed by atoms with Crippen LogP contribution in [0, 0.1) is 0 Å². The average Bonchev–Trinajstić information content (AvgIpc) is 3.25. The third-order valence-electron chi connectivity index (χ3n) is 4.77. The summed E-state index contributed by atoms with van der Waals surface area (Å²) in [6.45, 7) is 6.81. The predicted octanol–water partition coefficient (Wildman–Crippen LogP) is 3.72. The maximum Gasteiger partial charge on any atom is 0.475 e. The first kappa shape index (κ1) is 25.2. The number of benzene rings is 1. The molecule has 1 amide bonds. The lowest BCUT2D eigenvalue weighted by atomic mass is 10.1. The van der Waals surface area contributed by atoms with Gasteiger partial charge in [0.1, 0.15) is 24.4 Å². The van der Waals surface area contributed by atoms with Gasteiger partial charge in [-0.25, -0.2) is 14.2 Å². The van der Waals surface area contributed by atoms with Gasteiger partial charge in [-0.05, 0) is 39.3 Å². The molecule has 182 valence electrons. The number of hydrogen-bond acceptors (Lipinski definition) is 8. The van der Waals surface area contributed by atoms with E-state index in [1.807, 2.05) is 42.1 Å². The molecule has 1 fully saturated rings. The molecular weight excluding hydrogens is 451 g/mol. The molecular formula is C22H31N2O8P. The van der Waals surface area contributed by atoms with Crippen molar-refractivity contribution in [3.8, 4) is 0 Å². The number of ether oxygens (including phenoxy) is 2. The first-order valence-corrected chi connectivity index (χ1v) is 12.2. The van der Waals surface area contributed by atoms with E-state index in [-0.39, 0.29) is 26.2 Å². The lowest BCUT2D eigenvalue weighted by Gasteiger charge is -2.23. The fourth-order valence-electron chi connectivity index (χ4n) is 3.45. The van der Waals surface area contributed by atoms with Gasteiger partial charge in [-0.2, -0.15) is 0 Å². The molecule has 0 aliphatic carbocycles. The summed E-state index contributed by atoms with van der Waals surface area (Å²) in [4.78, 5) is 25.3. The Kier molecular flexibility index (Phi) is 7.84. The van der Waals surface area contributed by atoms with Gasteiger partial charge in [0.05, 0.1) is 13.2 Å². The average molecular weight is 482 g/mol. The molecule has 1 saturated heterocycles. The van der Waals surface area contributed by atoms with Crippen LogP contribution in [0.15, 0.2) is 30.5 Å². The molecule has 1 aromatic carbocycles. The van der Waals surface area contributed by atoms with Crippen molar-refractivity contribution in [2.24, 2.45) is 7.05 Å². The molecule has 11 heteroatoms. The van der Waals surface area contributed by atoms with Crippen molar-refractivity contribution in [2.45, 2.75) is 51.9 Å². The zero-order valence-corrected chi connectivity index (χ0v) is 20.4. The maximum atomic E-state index is 12.9. The Morgan fingerprint density at radius 3 is 2.73 bits per heavy atom. The van der Waals surface area contributed by atoms with E-state index >= 15 is 0 Å². The van der Waals surface area contributed by atoms with Crippen LogP contribution < -0.4 is 5.32 Å². The van der Waals surface area contributed by atoms with E-state index in [4.69, 9.17) is 23.0 Å². The highest BCUT2D eigenvalue weighted by Gasteiger charge is 2.39. The zero-order valence-electron chi connectivity index (χ0n) is 19.5. The van der Waals surface area contributed by atoms with E-state index in [1.165, 1.54) is 0 Å². The lowest BCUT2D eigenvalue weighted by molar-refractivity contribution is -0.148. The summed E-state index contributed by atoms with van der Waals surface area (Å²) < 4.78 is 40.2. The highest BCUT2D eigenvalue weighted by Crippen LogP contribution is 2.54. The number of carbonyl (C=O) groups is 2. The van der Waals surface area contributed by atoms with Crippen LogP contribution in [0.25, 0.3) is 10.9 Å². The normalized spacial score (nSPS) is 21.7. The van der Waals surface area contributed by atoms with Gasteiger partial charge in [0.2, 0.25) is 0 Å². The topological polar surface area (TPSA) is 114 Å². The summed E-state index contributed by atoms with van der Waals surface area (Å²) in [6, 6.07) is 6.76. The highest BCUT2D eigenvalue weighted by molar-refractivity contribution is 7.48. The molecule has 2 heterocycles. The number of aromatic nitrogens is 1. The van der Waals surface area contributed by atoms with Crippen molar-refractivity contribution < 1.29 is 37.2 Å². The number of aryl methyl sites for hydroxylation is 1. The van der Waals surface area contributed by atoms with Crippen LogP contribution in [0.2, 0.25) is 0 Å². The Hall–Kier alpha value is -2.39. The third-order valence-corrected chi connectivity index (χ3v) is 6.37. The minimum atomic E-state index is -3.62. The largest absolute Gasteiger partial charge is 0.475 e. The molecule has 1 aliphatic heterocycles. The lowest BCUT2D eigenvalue weighted by Crippen LogP contribution is -2.46. The van der Waals surface area contributed by atoms with E-state index in [0.717, 1.165) is 16.5 Å². The van der Waals surface area contributed by atoms with Gasteiger partial charge in [-0.3, -0.25) is 13.6 Å². The van der Waals surface area contributed by atoms with Crippen molar-refractivity contribution in [1.29, 1.82) is 0 Å². The number of para-hydroxylation sites is 1. The smallest absolute Gasteiger partial charge is 0.461 e. The second-order valence-electron chi connectivity index (χ2n) is 8.70. The SMILES string of the molecule is CCOP1(=O)OCC(COC(=O)[C@@H](Cc2cn(C)c3ccccc23)NC(=O)OC(C)(C)C)O1. The molecule has 1 aromatic heterocycles. The summed E-state index contributed by atoms with van der Waals surface area (Å²) >= 11 is 0. The predicted molar refractivity (Wildman–Crippen MR) is 121 cm³/mol. The quantitative estimate of drug-likeness (QED) is 0.447. The van der Waals surface area contributed by atoms with E-state index < -0.39 is 37.6 Å². The number of carbonyl (C=O) groups excluding carboxylic acids is 2. The number of esters is 1. The number of amides is 1. The van der Waals surface area contributed by atoms with Crippen molar-refractivity contribution in [3.63, 3.8) is 0 Å². The molecule has 0 radical (unpaired) electrons. The Morgan fingerprint density at radius 2 is 2.03 bits per heavy atom. The van der Waals surface area contributed by atoms with Crippen LogP contribution in [0.5, 0.6) is 0 Å². The minimum Gasteiger partial charge on any atom is -0.461 e. The number of phosphoric ester groups is 1. The van der Waals surface area contributed by atoms with Crippen LogP contribution >= 0.6 is 7.82 Å². The van der Waals surface area contributed by atoms with Crippen LogP contribution in [0.4, 0.5) is 4.79 Å². The number of fused-ring (bicyclic) bond motifs is 1. The molecule has 33 heavy (non-hydrogen) atoms. The maximum absolute atomic E-state index is 12.9. The van der Waals surface area contributed by atoms with Gasteiger partial charge in [-0.15, -0.1) is 0 Å². The van der Waals surface area contributed by atoms with Crippen molar-refractivity contribution >= 4 is 30.8 Å². The molecule has 0 spiro atoms. The van der Waals surface area contributed by atoms with Gasteiger partial charge < -0.3 is 19.4 Å². The molecule has 2 unspecified atom stereocenters. The summed E-state index contributed by atoms with van der Waals surface area (Å²) in [6.07, 6.45) is 0.643. The number of hydrogen-bond donors (Lipinski definition) is 1. The van der Waals surface area contributed by atoms with Gasteiger partial charge in [0.15, 0.2) is 0 Å². The number of rotatable bonds is 8. The monoisotopic (exact) mass is 482 g/mol. The molecule has 3 rings (SSSR count). The third kappa shape index (κ3) is 6.80. The number of nitrogens with zero attached hydrogens (tertiary/aromatic N) is 1. The molecule has 1 N–H and O–H groups in total. The fraction of sp³-hybridized carbons (Fsp3) is 0.545. The molecule has 10 nitrogen and oxygen atoms in total. The number of alkyl carbamates (subject to hydrolysis) is 1. The van der Waals surface area contributed by atoms with E-state index in [1.54, 1.807) is 27.7 Å². The fourth-order valence-corrected chi connectivity index (χ4v) is 4.80. The van der Waals surface area contributed by atoms with Crippen LogP contribution in [-0.2, 0) is 45.9 Å². The molecule has 1 aliphatic rings. The Balaban J connectivity index is 1.71. The Labute approximate surface area is 193 Å². The summed E-state index contributed by atoms with van der Waals surface area (Å²) in [5, 5.41) is 3.58. The summed E-state index contributed by atoms with van der Waals surface area (Å²) in [7, 11) is -1.71. The van der Waals surface area contributed by atoms with Gasteiger partial charge >= 0.3 is 19.9 Å². The highest BCUT2D eigenvalue weighted by atomic mass is 31.2. The van der Waals surface area contributed by atoms with Gasteiger partial charge in [-0.1, -0.05) is 18.2 Å². The first-order chi connectivity index (χ1) is 15.5. The van der Waals surface area contributed by atoms with Gasteiger partial charge in [0, 0.05) is 30.6 Å². The van der Waals surface area contributed by atoms with Crippen LogP contribution in [0.3, 0.4) is 0 Å². The summed E-state index contributed by atoms with van der Waals surface area (Å²) in [5.74, 6) is -0.671. The number of nitrogens with one attached hydrogen (secondary N) is 1. The molecule has 0 bridgehead atoms. The zero-order chi connectivity index (χ0) is 24.2. The van der Waals surface area contributed by atoms with Crippen LogP contribution in [0.1, 0.15) is 33.3 Å². The molecule has 2 aromatic rings. The second-order valence-corrected chi connectivity index (χ2v) is 10.3. The Bertz CT molecular complexity index is 1040. The molecule has 3 atom stereocenters. The first-order valence-electron chi connectivity index (χ1n) is 10.8. The number of phosphoric acid groups is 1. The summed E-state index contributed by atoms with van der Waals surface area (Å²) in [5.41, 5.74) is 1.14. The van der Waals surface area contributed by atoms with E-state index in [0.29, 0.717) is 0 Å². The second kappa shape index (κ2) is 10.3. The van der Waals surface area contributed by atoms with E-state index in [9.17, 15) is 14.2 Å². The minimum absolute atomic E-state index is 0.0297. The van der Waals surface area contributed by atoms with Crippen molar-refractivity contribution in [3.05, 3.63) is 36.0 Å². The van der Waals surface area contributed by atoms with Crippen molar-refractivity contribution in [2.75, 3.05) is 19.8 Å². The van der Waals surface area contributed by atoms with E-state index in [2.05, 4.69) is 5.32 Å². The van der Waals surface area contributed by atoms with Crippen molar-refractivity contribution in [1.82, 2.24) is 9.88 Å². The standard InChI is InChI=1S/C22H31N2O8P/c1-6-29-33(27)30-14-16(32-33)13-28-20(25)18(23-21(26)31-22(2,3)4)11-15-12-24(5)19-10-8-7-9-17(15)19/h7-10,12,16,18H,6,11,13-14H2,1-5H3,(H,23,26)/t16?,18-,33?/m1/s1.